The molecule has 1 saturated heterocycles. The molecule has 1 aliphatic rings. The highest BCUT2D eigenvalue weighted by molar-refractivity contribution is 5.88. The highest BCUT2D eigenvalue weighted by Gasteiger charge is 2.45. The van der Waals surface area contributed by atoms with Gasteiger partial charge in [-0.2, -0.15) is 0 Å². The number of hydrogen-bond acceptors (Lipinski definition) is 10. The van der Waals surface area contributed by atoms with E-state index in [4.69, 9.17) is 13.9 Å². The molecule has 0 unspecified atom stereocenters. The Bertz CT molecular complexity index is 1150. The highest BCUT2D eigenvalue weighted by atomic mass is 35.5. The molecule has 11 nitrogen and oxygen atoms in total. The molecule has 1 fully saturated rings. The molecule has 8 N–H and O–H groups in total. The van der Waals surface area contributed by atoms with Crippen LogP contribution in [0, 0.1) is 0 Å². The number of benzene rings is 2. The minimum atomic E-state index is -1.71. The number of fused-ring (bicyclic) bond motifs is 1. The zero-order chi connectivity index (χ0) is 23.2. The first-order valence-corrected chi connectivity index (χ1v) is 9.52. The number of aliphatic hydroxyl groups is 4. The predicted octanol–water partition coefficient (Wildman–Crippen LogP) is -2.61. The van der Waals surface area contributed by atoms with Crippen LogP contribution < -0.4 is 17.1 Å². The van der Waals surface area contributed by atoms with E-state index in [1.54, 1.807) is 0 Å². The van der Waals surface area contributed by atoms with Crippen molar-refractivity contribution in [2.24, 2.45) is 0 Å². The molecular formula is C21H21ClO11. The number of halogens is 1. The Labute approximate surface area is 192 Å². The second-order valence-electron chi connectivity index (χ2n) is 7.34. The standard InChI is InChI=1S/C21H20O11.ClH/c22-7-16-17(27)18(28)19(29)21(32-16)31-15-6-10-12(25)4-9(23)5-14(10)30-20(15)8-1-2-11(24)13(26)3-8;/h1-6,16-19,21-22,27-29H,7H2,(H3-,23,24,25,26);1H/t16-,17-,18+,19+,21+;/m1./s1. The normalized spacial score (nSPS) is 24.9. The minimum absolute atomic E-state index is 0. The van der Waals surface area contributed by atoms with Gasteiger partial charge in [0.15, 0.2) is 11.5 Å². The van der Waals surface area contributed by atoms with Crippen LogP contribution in [0.2, 0.25) is 0 Å². The highest BCUT2D eigenvalue weighted by Crippen LogP contribution is 2.42. The lowest BCUT2D eigenvalue weighted by Gasteiger charge is -2.39. The lowest BCUT2D eigenvalue weighted by atomic mass is 9.99. The maximum atomic E-state index is 10.3. The monoisotopic (exact) mass is 484 g/mol. The van der Waals surface area contributed by atoms with Crippen molar-refractivity contribution in [2.45, 2.75) is 30.7 Å². The van der Waals surface area contributed by atoms with E-state index in [0.717, 1.165) is 6.07 Å². The number of ether oxygens (including phenoxy) is 2. The van der Waals surface area contributed by atoms with Gasteiger partial charge in [0, 0.05) is 18.2 Å². The SMILES string of the molecule is OC[C@H]1O[C@H](Oc2cc3c(O)cc(O)cc3[o+]c2-c2ccc(O)c(O)c2)[C@@H](O)[C@@H](O)[C@@H]1O.[Cl-]. The van der Waals surface area contributed by atoms with Gasteiger partial charge in [0.2, 0.25) is 12.0 Å². The van der Waals surface area contributed by atoms with Gasteiger partial charge in [-0.05, 0) is 12.1 Å². The molecule has 0 bridgehead atoms. The summed E-state index contributed by atoms with van der Waals surface area (Å²) in [4.78, 5) is 0. The largest absolute Gasteiger partial charge is 1.00 e. The molecule has 1 aliphatic heterocycles. The summed E-state index contributed by atoms with van der Waals surface area (Å²) < 4.78 is 16.8. The molecule has 0 saturated carbocycles. The number of aliphatic hydroxyl groups excluding tert-OH is 4. The van der Waals surface area contributed by atoms with E-state index >= 15 is 0 Å². The lowest BCUT2D eigenvalue weighted by molar-refractivity contribution is -0.277. The summed E-state index contributed by atoms with van der Waals surface area (Å²) in [6.45, 7) is -0.661. The number of phenolic OH excluding ortho intramolecular Hbond substituents is 4. The molecular weight excluding hydrogens is 464 g/mol. The Morgan fingerprint density at radius 2 is 1.58 bits per heavy atom. The van der Waals surface area contributed by atoms with Gasteiger partial charge in [0.1, 0.15) is 41.3 Å². The topological polar surface area (TPSA) is 192 Å². The van der Waals surface area contributed by atoms with Crippen LogP contribution in [0.15, 0.2) is 40.8 Å². The van der Waals surface area contributed by atoms with Crippen molar-refractivity contribution in [3.63, 3.8) is 0 Å². The molecule has 2 heterocycles. The first kappa shape index (κ1) is 24.6. The molecule has 178 valence electrons. The first-order chi connectivity index (χ1) is 15.2. The van der Waals surface area contributed by atoms with Gasteiger partial charge in [-0.25, -0.2) is 4.42 Å². The third-order valence-corrected chi connectivity index (χ3v) is 5.15. The maximum absolute atomic E-state index is 10.3. The Kier molecular flexibility index (Phi) is 7.03. The van der Waals surface area contributed by atoms with Crippen molar-refractivity contribution < 1.29 is 67.2 Å². The Balaban J connectivity index is 0.00000306. The second kappa shape index (κ2) is 9.43. The maximum Gasteiger partial charge on any atom is 0.402 e. The van der Waals surface area contributed by atoms with E-state index in [1.807, 2.05) is 0 Å². The average Bonchev–Trinajstić information content (AvgIpc) is 2.76. The molecule has 0 spiro atoms. The summed E-state index contributed by atoms with van der Waals surface area (Å²) >= 11 is 0. The van der Waals surface area contributed by atoms with Crippen LogP contribution in [-0.2, 0) is 4.74 Å². The Morgan fingerprint density at radius 1 is 0.848 bits per heavy atom. The van der Waals surface area contributed by atoms with Crippen LogP contribution in [0.25, 0.3) is 22.3 Å². The molecule has 5 atom stereocenters. The van der Waals surface area contributed by atoms with Gasteiger partial charge in [-0.15, -0.1) is 0 Å². The minimum Gasteiger partial charge on any atom is -1.00 e. The fourth-order valence-corrected chi connectivity index (χ4v) is 3.43. The van der Waals surface area contributed by atoms with Crippen molar-refractivity contribution in [1.29, 1.82) is 0 Å². The smallest absolute Gasteiger partial charge is 0.402 e. The van der Waals surface area contributed by atoms with Crippen LogP contribution in [-0.4, -0.2) is 78.2 Å². The second-order valence-corrected chi connectivity index (χ2v) is 7.34. The summed E-state index contributed by atoms with van der Waals surface area (Å²) in [7, 11) is 0. The van der Waals surface area contributed by atoms with Gasteiger partial charge in [0.25, 0.3) is 0 Å². The molecule has 1 aromatic heterocycles. The van der Waals surface area contributed by atoms with Gasteiger partial charge in [-0.1, -0.05) is 0 Å². The van der Waals surface area contributed by atoms with Crippen molar-refractivity contribution in [3.8, 4) is 40.1 Å². The first-order valence-electron chi connectivity index (χ1n) is 9.52. The molecule has 2 aromatic carbocycles. The van der Waals surface area contributed by atoms with E-state index in [0.29, 0.717) is 0 Å². The summed E-state index contributed by atoms with van der Waals surface area (Å²) in [6.07, 6.45) is -7.76. The number of phenols is 4. The van der Waals surface area contributed by atoms with Crippen molar-refractivity contribution in [2.75, 3.05) is 6.61 Å². The third kappa shape index (κ3) is 4.55. The van der Waals surface area contributed by atoms with Crippen molar-refractivity contribution in [3.05, 3.63) is 36.4 Å². The van der Waals surface area contributed by atoms with E-state index < -0.39 is 43.1 Å². The fraction of sp³-hybridized carbons (Fsp3) is 0.286. The van der Waals surface area contributed by atoms with Gasteiger partial charge >= 0.3 is 11.3 Å². The number of aromatic hydroxyl groups is 4. The van der Waals surface area contributed by atoms with E-state index in [9.17, 15) is 40.9 Å². The summed E-state index contributed by atoms with van der Waals surface area (Å²) in [5.41, 5.74) is 0.260. The molecule has 4 rings (SSSR count). The van der Waals surface area contributed by atoms with Crippen molar-refractivity contribution in [1.82, 2.24) is 0 Å². The molecule has 0 aliphatic carbocycles. The van der Waals surface area contributed by atoms with Crippen LogP contribution in [0.5, 0.6) is 28.7 Å². The average molecular weight is 485 g/mol. The van der Waals surface area contributed by atoms with Crippen molar-refractivity contribution >= 4 is 11.0 Å². The van der Waals surface area contributed by atoms with Crippen LogP contribution in [0.4, 0.5) is 0 Å². The molecule has 3 aromatic rings. The van der Waals surface area contributed by atoms with Gasteiger partial charge < -0.3 is 62.7 Å². The zero-order valence-corrected chi connectivity index (χ0v) is 17.5. The Morgan fingerprint density at radius 3 is 2.24 bits per heavy atom. The molecule has 33 heavy (non-hydrogen) atoms. The summed E-state index contributed by atoms with van der Waals surface area (Å²) in [6, 6.07) is 7.37. The Hall–Kier alpha value is -3.06. The zero-order valence-electron chi connectivity index (χ0n) is 16.7. The molecule has 0 amide bonds. The van der Waals surface area contributed by atoms with Crippen LogP contribution >= 0.6 is 0 Å². The van der Waals surface area contributed by atoms with E-state index in [1.165, 1.54) is 30.3 Å². The predicted molar refractivity (Wildman–Crippen MR) is 107 cm³/mol. The van der Waals surface area contributed by atoms with Crippen LogP contribution in [0.1, 0.15) is 0 Å². The summed E-state index contributed by atoms with van der Waals surface area (Å²) in [5, 5.41) is 79.2. The quantitative estimate of drug-likeness (QED) is 0.143. The van der Waals surface area contributed by atoms with E-state index in [-0.39, 0.29) is 57.7 Å². The third-order valence-electron chi connectivity index (χ3n) is 5.15. The van der Waals surface area contributed by atoms with E-state index in [2.05, 4.69) is 0 Å². The number of hydrogen-bond donors (Lipinski definition) is 8. The molecule has 0 radical (unpaired) electrons. The van der Waals surface area contributed by atoms with Gasteiger partial charge in [0.05, 0.1) is 18.2 Å². The van der Waals surface area contributed by atoms with Crippen LogP contribution in [0.3, 0.4) is 0 Å². The fourth-order valence-electron chi connectivity index (χ4n) is 3.43. The number of rotatable bonds is 4. The van der Waals surface area contributed by atoms with Gasteiger partial charge in [-0.3, -0.25) is 0 Å². The lowest BCUT2D eigenvalue weighted by Crippen LogP contribution is -3.00. The summed E-state index contributed by atoms with van der Waals surface area (Å²) in [5.74, 6) is -1.64. The molecule has 12 heteroatoms.